The molecule has 2 aliphatic rings. The second kappa shape index (κ2) is 8.27. The lowest BCUT2D eigenvalue weighted by Gasteiger charge is -2.32. The fraction of sp³-hybridized carbons (Fsp3) is 0.417. The Morgan fingerprint density at radius 1 is 1.17 bits per heavy atom. The molecule has 1 heterocycles. The highest BCUT2D eigenvalue weighted by Crippen LogP contribution is 2.33. The smallest absolute Gasteiger partial charge is 0.267 e. The van der Waals surface area contributed by atoms with Crippen molar-refractivity contribution in [3.63, 3.8) is 0 Å². The third-order valence-corrected chi connectivity index (χ3v) is 5.89. The average Bonchev–Trinajstić information content (AvgIpc) is 2.73. The van der Waals surface area contributed by atoms with E-state index in [1.807, 2.05) is 31.2 Å². The average molecular weight is 392 g/mol. The molecule has 29 heavy (non-hydrogen) atoms. The standard InChI is InChI=1S/C24H28N2O3/c1-16(19-12-11-18-7-3-4-8-20(18)15-19)25-23(27)13-14-26-21-9-5-6-10-22(21)29-17(2)24(26)28/h5-6,9-12,15-17H,3-4,7-8,13-14H2,1-2H3,(H,25,27). The van der Waals surface area contributed by atoms with Gasteiger partial charge in [-0.25, -0.2) is 0 Å². The lowest BCUT2D eigenvalue weighted by molar-refractivity contribution is -0.125. The highest BCUT2D eigenvalue weighted by atomic mass is 16.5. The fourth-order valence-corrected chi connectivity index (χ4v) is 4.22. The van der Waals surface area contributed by atoms with E-state index in [4.69, 9.17) is 4.74 Å². The first kappa shape index (κ1) is 19.5. The largest absolute Gasteiger partial charge is 0.479 e. The van der Waals surface area contributed by atoms with Gasteiger partial charge in [0, 0.05) is 13.0 Å². The fourth-order valence-electron chi connectivity index (χ4n) is 4.22. The van der Waals surface area contributed by atoms with E-state index in [1.165, 1.54) is 24.0 Å². The Labute approximate surface area is 172 Å². The van der Waals surface area contributed by atoms with Crippen LogP contribution in [0.5, 0.6) is 5.75 Å². The van der Waals surface area contributed by atoms with Gasteiger partial charge < -0.3 is 15.0 Å². The molecule has 1 aliphatic carbocycles. The number of para-hydroxylation sites is 2. The van der Waals surface area contributed by atoms with Gasteiger partial charge >= 0.3 is 0 Å². The third kappa shape index (κ3) is 4.14. The molecule has 0 fully saturated rings. The van der Waals surface area contributed by atoms with Gasteiger partial charge in [-0.2, -0.15) is 0 Å². The zero-order valence-electron chi connectivity index (χ0n) is 17.1. The number of carbonyl (C=O) groups excluding carboxylic acids is 2. The number of benzene rings is 2. The maximum atomic E-state index is 12.6. The molecule has 2 atom stereocenters. The maximum Gasteiger partial charge on any atom is 0.267 e. The number of ether oxygens (including phenoxy) is 1. The molecule has 0 spiro atoms. The Balaban J connectivity index is 1.38. The minimum absolute atomic E-state index is 0.0543. The van der Waals surface area contributed by atoms with Gasteiger partial charge in [-0.1, -0.05) is 30.3 Å². The maximum absolute atomic E-state index is 12.6. The van der Waals surface area contributed by atoms with E-state index in [-0.39, 0.29) is 24.3 Å². The highest BCUT2D eigenvalue weighted by Gasteiger charge is 2.31. The van der Waals surface area contributed by atoms with E-state index >= 15 is 0 Å². The van der Waals surface area contributed by atoms with E-state index in [1.54, 1.807) is 11.8 Å². The van der Waals surface area contributed by atoms with Gasteiger partial charge in [0.25, 0.3) is 5.91 Å². The Hall–Kier alpha value is -2.82. The summed E-state index contributed by atoms with van der Waals surface area (Å²) in [7, 11) is 0. The summed E-state index contributed by atoms with van der Waals surface area (Å²) in [4.78, 5) is 26.8. The van der Waals surface area contributed by atoms with Crippen LogP contribution in [-0.4, -0.2) is 24.5 Å². The second-order valence-corrected chi connectivity index (χ2v) is 7.99. The molecule has 152 valence electrons. The molecule has 5 heteroatoms. The van der Waals surface area contributed by atoms with Crippen LogP contribution in [0.1, 0.15) is 55.8 Å². The van der Waals surface area contributed by atoms with Crippen LogP contribution in [0.25, 0.3) is 0 Å². The van der Waals surface area contributed by atoms with Gasteiger partial charge in [0.1, 0.15) is 5.75 Å². The van der Waals surface area contributed by atoms with Crippen molar-refractivity contribution in [2.75, 3.05) is 11.4 Å². The minimum Gasteiger partial charge on any atom is -0.479 e. The van der Waals surface area contributed by atoms with Crippen molar-refractivity contribution < 1.29 is 14.3 Å². The lowest BCUT2D eigenvalue weighted by atomic mass is 9.89. The number of hydrogen-bond acceptors (Lipinski definition) is 3. The van der Waals surface area contributed by atoms with E-state index in [2.05, 4.69) is 23.5 Å². The zero-order chi connectivity index (χ0) is 20.4. The van der Waals surface area contributed by atoms with Crippen LogP contribution in [0.2, 0.25) is 0 Å². The minimum atomic E-state index is -0.539. The summed E-state index contributed by atoms with van der Waals surface area (Å²) in [5.41, 5.74) is 4.73. The highest BCUT2D eigenvalue weighted by molar-refractivity contribution is 6.00. The van der Waals surface area contributed by atoms with Crippen molar-refractivity contribution in [2.45, 2.75) is 58.1 Å². The first-order chi connectivity index (χ1) is 14.0. The zero-order valence-corrected chi connectivity index (χ0v) is 17.1. The number of anilines is 1. The molecule has 0 saturated carbocycles. The summed E-state index contributed by atoms with van der Waals surface area (Å²) in [5.74, 6) is 0.515. The van der Waals surface area contributed by atoms with Crippen molar-refractivity contribution in [3.8, 4) is 5.75 Å². The molecule has 2 aromatic carbocycles. The normalized spacial score (nSPS) is 19.0. The van der Waals surface area contributed by atoms with Gasteiger partial charge in [0.2, 0.25) is 5.91 Å². The van der Waals surface area contributed by atoms with Gasteiger partial charge in [0.15, 0.2) is 6.10 Å². The van der Waals surface area contributed by atoms with Crippen LogP contribution in [0.15, 0.2) is 42.5 Å². The van der Waals surface area contributed by atoms with E-state index in [0.29, 0.717) is 12.3 Å². The molecule has 2 aromatic rings. The Bertz CT molecular complexity index is 924. The Kier molecular flexibility index (Phi) is 5.56. The predicted molar refractivity (Wildman–Crippen MR) is 113 cm³/mol. The molecule has 1 N–H and O–H groups in total. The number of nitrogens with one attached hydrogen (secondary N) is 1. The summed E-state index contributed by atoms with van der Waals surface area (Å²) in [6, 6.07) is 14.0. The summed E-state index contributed by atoms with van der Waals surface area (Å²) >= 11 is 0. The number of carbonyl (C=O) groups is 2. The van der Waals surface area contributed by atoms with Crippen LogP contribution in [0, 0.1) is 0 Å². The number of aryl methyl sites for hydroxylation is 2. The molecule has 2 unspecified atom stereocenters. The summed E-state index contributed by atoms with van der Waals surface area (Å²) in [5, 5.41) is 3.08. The van der Waals surface area contributed by atoms with Crippen molar-refractivity contribution in [1.82, 2.24) is 5.32 Å². The van der Waals surface area contributed by atoms with Crippen molar-refractivity contribution in [3.05, 3.63) is 59.2 Å². The summed E-state index contributed by atoms with van der Waals surface area (Å²) in [6.45, 7) is 4.09. The van der Waals surface area contributed by atoms with E-state index in [9.17, 15) is 9.59 Å². The van der Waals surface area contributed by atoms with Crippen LogP contribution < -0.4 is 15.0 Å². The van der Waals surface area contributed by atoms with Gasteiger partial charge in [-0.05, 0) is 68.4 Å². The topological polar surface area (TPSA) is 58.6 Å². The lowest BCUT2D eigenvalue weighted by Crippen LogP contribution is -2.45. The predicted octanol–water partition coefficient (Wildman–Crippen LogP) is 3.95. The first-order valence-electron chi connectivity index (χ1n) is 10.5. The molecule has 1 aliphatic heterocycles. The molecule has 0 saturated heterocycles. The Morgan fingerprint density at radius 3 is 2.76 bits per heavy atom. The number of amides is 2. The van der Waals surface area contributed by atoms with Crippen LogP contribution in [0.3, 0.4) is 0 Å². The van der Waals surface area contributed by atoms with Crippen LogP contribution >= 0.6 is 0 Å². The van der Waals surface area contributed by atoms with Crippen LogP contribution in [-0.2, 0) is 22.4 Å². The number of hydrogen-bond donors (Lipinski definition) is 1. The number of fused-ring (bicyclic) bond motifs is 2. The summed E-state index contributed by atoms with van der Waals surface area (Å²) in [6.07, 6.45) is 4.50. The third-order valence-electron chi connectivity index (χ3n) is 5.89. The molecular weight excluding hydrogens is 364 g/mol. The van der Waals surface area contributed by atoms with E-state index < -0.39 is 6.10 Å². The quantitative estimate of drug-likeness (QED) is 0.838. The monoisotopic (exact) mass is 392 g/mol. The van der Waals surface area contributed by atoms with Gasteiger partial charge in [0.05, 0.1) is 11.7 Å². The molecule has 2 amide bonds. The Morgan fingerprint density at radius 2 is 1.93 bits per heavy atom. The molecule has 4 rings (SSSR count). The van der Waals surface area contributed by atoms with Crippen molar-refractivity contribution in [2.24, 2.45) is 0 Å². The molecule has 0 bridgehead atoms. The van der Waals surface area contributed by atoms with Crippen molar-refractivity contribution in [1.29, 1.82) is 0 Å². The van der Waals surface area contributed by atoms with Gasteiger partial charge in [-0.15, -0.1) is 0 Å². The molecular formula is C24H28N2O3. The van der Waals surface area contributed by atoms with Crippen molar-refractivity contribution >= 4 is 17.5 Å². The number of nitrogens with zero attached hydrogens (tertiary/aromatic N) is 1. The van der Waals surface area contributed by atoms with E-state index in [0.717, 1.165) is 24.1 Å². The molecule has 0 radical (unpaired) electrons. The first-order valence-corrected chi connectivity index (χ1v) is 10.5. The molecule has 5 nitrogen and oxygen atoms in total. The van der Waals surface area contributed by atoms with Crippen LogP contribution in [0.4, 0.5) is 5.69 Å². The number of rotatable bonds is 5. The SMILES string of the molecule is CC1Oc2ccccc2N(CCC(=O)NC(C)c2ccc3c(c2)CCCC3)C1=O. The summed E-state index contributed by atoms with van der Waals surface area (Å²) < 4.78 is 5.66. The van der Waals surface area contributed by atoms with Gasteiger partial charge in [-0.3, -0.25) is 9.59 Å². The second-order valence-electron chi connectivity index (χ2n) is 7.99. The molecule has 0 aromatic heterocycles.